The van der Waals surface area contributed by atoms with E-state index in [9.17, 15) is 0 Å². The number of nitrogen functional groups attached to an aromatic ring is 1. The van der Waals surface area contributed by atoms with Crippen molar-refractivity contribution in [3.63, 3.8) is 0 Å². The van der Waals surface area contributed by atoms with Gasteiger partial charge in [-0.05, 0) is 24.8 Å². The Morgan fingerprint density at radius 2 is 2.04 bits per heavy atom. The maximum Gasteiger partial charge on any atom is 0.158 e. The SMILES string of the molecule is Nc1nc(Cl)cnc1Sc1ccnc(C#Cc2cnn(C3CC3)c2)c1Cl. The van der Waals surface area contributed by atoms with Crippen molar-refractivity contribution < 1.29 is 0 Å². The first kappa shape index (κ1) is 17.2. The highest BCUT2D eigenvalue weighted by Gasteiger charge is 2.23. The number of nitrogens with two attached hydrogens (primary N) is 1. The molecule has 2 N–H and O–H groups in total. The number of pyridine rings is 1. The van der Waals surface area contributed by atoms with E-state index < -0.39 is 0 Å². The molecule has 0 aromatic carbocycles. The summed E-state index contributed by atoms with van der Waals surface area (Å²) < 4.78 is 1.95. The van der Waals surface area contributed by atoms with Gasteiger partial charge in [-0.2, -0.15) is 5.10 Å². The highest BCUT2D eigenvalue weighted by atomic mass is 35.5. The van der Waals surface area contributed by atoms with Crippen LogP contribution in [0.2, 0.25) is 10.2 Å². The highest BCUT2D eigenvalue weighted by Crippen LogP contribution is 2.36. The van der Waals surface area contributed by atoms with E-state index in [0.29, 0.717) is 21.8 Å². The number of rotatable bonds is 3. The summed E-state index contributed by atoms with van der Waals surface area (Å²) in [7, 11) is 0. The van der Waals surface area contributed by atoms with Gasteiger partial charge in [0.1, 0.15) is 15.9 Å². The zero-order chi connectivity index (χ0) is 18.1. The fraction of sp³-hybridized carbons (Fsp3) is 0.176. The number of hydrogen-bond acceptors (Lipinski definition) is 6. The standard InChI is InChI=1S/C17H12Cl2N6S/c18-14-8-22-17(16(20)24-14)26-13-5-6-21-12(15(13)19)4-1-10-7-23-25(9-10)11-2-3-11/h5-9,11H,2-3H2,(H2,20,24). The van der Waals surface area contributed by atoms with E-state index in [1.54, 1.807) is 18.5 Å². The second-order valence-corrected chi connectivity index (χ2v) is 7.44. The van der Waals surface area contributed by atoms with Crippen LogP contribution in [-0.2, 0) is 0 Å². The van der Waals surface area contributed by atoms with Crippen molar-refractivity contribution in [1.82, 2.24) is 24.7 Å². The number of anilines is 1. The van der Waals surface area contributed by atoms with E-state index in [1.165, 1.54) is 30.8 Å². The minimum absolute atomic E-state index is 0.242. The predicted octanol–water partition coefficient (Wildman–Crippen LogP) is 3.84. The van der Waals surface area contributed by atoms with Crippen LogP contribution in [0.3, 0.4) is 0 Å². The molecule has 3 aromatic rings. The van der Waals surface area contributed by atoms with E-state index >= 15 is 0 Å². The molecule has 26 heavy (non-hydrogen) atoms. The lowest BCUT2D eigenvalue weighted by atomic mass is 10.3. The molecule has 0 bridgehead atoms. The maximum atomic E-state index is 6.45. The van der Waals surface area contributed by atoms with Crippen LogP contribution in [0.15, 0.2) is 40.8 Å². The van der Waals surface area contributed by atoms with Gasteiger partial charge in [-0.15, -0.1) is 0 Å². The van der Waals surface area contributed by atoms with Crippen molar-refractivity contribution in [2.45, 2.75) is 28.8 Å². The molecule has 0 amide bonds. The molecular weight excluding hydrogens is 391 g/mol. The largest absolute Gasteiger partial charge is 0.381 e. The van der Waals surface area contributed by atoms with Crippen LogP contribution < -0.4 is 5.73 Å². The van der Waals surface area contributed by atoms with E-state index in [1.807, 2.05) is 10.9 Å². The summed E-state index contributed by atoms with van der Waals surface area (Å²) in [5.74, 6) is 6.30. The van der Waals surface area contributed by atoms with Crippen LogP contribution >= 0.6 is 35.0 Å². The Balaban J connectivity index is 1.58. The lowest BCUT2D eigenvalue weighted by molar-refractivity contribution is 0.641. The summed E-state index contributed by atoms with van der Waals surface area (Å²) in [5.41, 5.74) is 7.17. The summed E-state index contributed by atoms with van der Waals surface area (Å²) >= 11 is 13.5. The smallest absolute Gasteiger partial charge is 0.158 e. The van der Waals surface area contributed by atoms with Gasteiger partial charge in [0.25, 0.3) is 0 Å². The van der Waals surface area contributed by atoms with Gasteiger partial charge in [-0.1, -0.05) is 40.9 Å². The van der Waals surface area contributed by atoms with E-state index in [4.69, 9.17) is 28.9 Å². The zero-order valence-electron chi connectivity index (χ0n) is 13.4. The third kappa shape index (κ3) is 3.78. The lowest BCUT2D eigenvalue weighted by Gasteiger charge is -2.06. The number of aromatic nitrogens is 5. The molecule has 130 valence electrons. The molecule has 1 fully saturated rings. The third-order valence-corrected chi connectivity index (χ3v) is 5.39. The highest BCUT2D eigenvalue weighted by molar-refractivity contribution is 7.99. The number of nitrogens with zero attached hydrogens (tertiary/aromatic N) is 5. The van der Waals surface area contributed by atoms with Crippen LogP contribution in [0.4, 0.5) is 5.82 Å². The normalized spacial score (nSPS) is 13.3. The quantitative estimate of drug-likeness (QED) is 0.669. The molecule has 1 saturated carbocycles. The topological polar surface area (TPSA) is 82.5 Å². The number of hydrogen-bond donors (Lipinski definition) is 1. The monoisotopic (exact) mass is 402 g/mol. The minimum Gasteiger partial charge on any atom is -0.381 e. The first-order valence-corrected chi connectivity index (χ1v) is 9.34. The molecule has 9 heteroatoms. The summed E-state index contributed by atoms with van der Waals surface area (Å²) in [6.07, 6.45) is 9.14. The van der Waals surface area contributed by atoms with E-state index in [-0.39, 0.29) is 11.0 Å². The summed E-state index contributed by atoms with van der Waals surface area (Å²) in [6.45, 7) is 0. The van der Waals surface area contributed by atoms with Crippen molar-refractivity contribution in [3.05, 3.63) is 52.3 Å². The molecule has 3 heterocycles. The fourth-order valence-corrected chi connectivity index (χ4v) is 3.41. The molecule has 6 nitrogen and oxygen atoms in total. The van der Waals surface area contributed by atoms with Gasteiger partial charge in [0.05, 0.1) is 29.0 Å². The zero-order valence-corrected chi connectivity index (χ0v) is 15.7. The van der Waals surface area contributed by atoms with Crippen molar-refractivity contribution in [1.29, 1.82) is 0 Å². The Hall–Kier alpha value is -2.27. The molecule has 3 aromatic heterocycles. The average molecular weight is 403 g/mol. The summed E-state index contributed by atoms with van der Waals surface area (Å²) in [6, 6.07) is 2.30. The molecule has 0 radical (unpaired) electrons. The molecule has 0 unspecified atom stereocenters. The van der Waals surface area contributed by atoms with Gasteiger partial charge in [0.15, 0.2) is 5.82 Å². The second kappa shape index (κ2) is 7.16. The lowest BCUT2D eigenvalue weighted by Crippen LogP contribution is -1.96. The Bertz CT molecular complexity index is 1040. The van der Waals surface area contributed by atoms with E-state index in [2.05, 4.69) is 31.9 Å². The summed E-state index contributed by atoms with van der Waals surface area (Å²) in [5, 5.41) is 5.52. The first-order valence-electron chi connectivity index (χ1n) is 7.76. The minimum atomic E-state index is 0.242. The molecular formula is C17H12Cl2N6S. The average Bonchev–Trinajstić information content (AvgIpc) is 3.36. The van der Waals surface area contributed by atoms with Gasteiger partial charge in [0.2, 0.25) is 0 Å². The molecule has 0 aliphatic heterocycles. The molecule has 0 saturated heterocycles. The second-order valence-electron chi connectivity index (χ2n) is 5.65. The van der Waals surface area contributed by atoms with Crippen molar-refractivity contribution in [3.8, 4) is 11.8 Å². The number of halogens is 2. The van der Waals surface area contributed by atoms with Gasteiger partial charge in [-0.25, -0.2) is 15.0 Å². The Kier molecular flexibility index (Phi) is 4.72. The van der Waals surface area contributed by atoms with Gasteiger partial charge in [0, 0.05) is 17.3 Å². The molecule has 0 atom stereocenters. The van der Waals surface area contributed by atoms with Crippen molar-refractivity contribution >= 4 is 40.8 Å². The van der Waals surface area contributed by atoms with Crippen LogP contribution in [0, 0.1) is 11.8 Å². The Labute approximate surface area is 164 Å². The molecule has 4 rings (SSSR count). The Morgan fingerprint density at radius 3 is 2.81 bits per heavy atom. The van der Waals surface area contributed by atoms with Crippen molar-refractivity contribution in [2.24, 2.45) is 0 Å². The van der Waals surface area contributed by atoms with Crippen LogP contribution in [0.1, 0.15) is 30.1 Å². The molecule has 1 aliphatic rings. The third-order valence-electron chi connectivity index (χ3n) is 3.64. The Morgan fingerprint density at radius 1 is 1.19 bits per heavy atom. The van der Waals surface area contributed by atoms with Gasteiger partial charge >= 0.3 is 0 Å². The van der Waals surface area contributed by atoms with E-state index in [0.717, 1.165) is 10.5 Å². The molecule has 1 aliphatic carbocycles. The predicted molar refractivity (Wildman–Crippen MR) is 101 cm³/mol. The maximum absolute atomic E-state index is 6.45. The van der Waals surface area contributed by atoms with Crippen LogP contribution in [-0.4, -0.2) is 24.7 Å². The van der Waals surface area contributed by atoms with Crippen molar-refractivity contribution in [2.75, 3.05) is 5.73 Å². The summed E-state index contributed by atoms with van der Waals surface area (Å²) in [4.78, 5) is 13.2. The van der Waals surface area contributed by atoms with Gasteiger partial charge < -0.3 is 5.73 Å². The first-order chi connectivity index (χ1) is 12.6. The van der Waals surface area contributed by atoms with Gasteiger partial charge in [-0.3, -0.25) is 4.68 Å². The fourth-order valence-electron chi connectivity index (χ4n) is 2.22. The van der Waals surface area contributed by atoms with Crippen LogP contribution in [0.5, 0.6) is 0 Å². The molecule has 0 spiro atoms. The van der Waals surface area contributed by atoms with Crippen LogP contribution in [0.25, 0.3) is 0 Å².